The monoisotopic (exact) mass is 611 g/mol. The van der Waals surface area contributed by atoms with E-state index in [1.165, 1.54) is 0 Å². The van der Waals surface area contributed by atoms with Gasteiger partial charge in [-0.2, -0.15) is 0 Å². The summed E-state index contributed by atoms with van der Waals surface area (Å²) in [7, 11) is 0. The molecular formula is C30H35Cl2N7O3. The van der Waals surface area contributed by atoms with Crippen molar-refractivity contribution in [1.82, 2.24) is 14.8 Å². The summed E-state index contributed by atoms with van der Waals surface area (Å²) in [5, 5.41) is 7.19. The number of amides is 1. The number of aromatic nitrogens is 1. The molecule has 2 aromatic carbocycles. The number of benzene rings is 1. The maximum absolute atomic E-state index is 13.1. The van der Waals surface area contributed by atoms with Gasteiger partial charge in [0.15, 0.2) is 0 Å². The average Bonchev–Trinajstić information content (AvgIpc) is 3.83. The van der Waals surface area contributed by atoms with Gasteiger partial charge < -0.3 is 26.2 Å². The summed E-state index contributed by atoms with van der Waals surface area (Å²) in [6.45, 7) is 6.02. The van der Waals surface area contributed by atoms with Crippen molar-refractivity contribution in [3.63, 3.8) is 0 Å². The Balaban J connectivity index is 1.06. The Morgan fingerprint density at radius 2 is 1.76 bits per heavy atom. The summed E-state index contributed by atoms with van der Waals surface area (Å²) < 4.78 is 0. The number of nitrogen functional groups attached to an aromatic ring is 1. The fraction of sp³-hybridized carbons (Fsp3) is 0.467. The van der Waals surface area contributed by atoms with Crippen molar-refractivity contribution in [2.75, 3.05) is 54.0 Å². The van der Waals surface area contributed by atoms with Crippen LogP contribution in [-0.4, -0.2) is 71.5 Å². The van der Waals surface area contributed by atoms with Gasteiger partial charge in [0.05, 0.1) is 22.5 Å². The topological polar surface area (TPSA) is 124 Å². The van der Waals surface area contributed by atoms with Crippen molar-refractivity contribution in [2.45, 2.75) is 57.2 Å². The van der Waals surface area contributed by atoms with Gasteiger partial charge in [-0.1, -0.05) is 30.1 Å². The van der Waals surface area contributed by atoms with Gasteiger partial charge in [0.1, 0.15) is 17.2 Å². The number of carbonyl (C=O) groups is 1. The minimum absolute atomic E-state index is 0.0434. The molecule has 2 aliphatic heterocycles. The van der Waals surface area contributed by atoms with E-state index in [0.29, 0.717) is 63.7 Å². The van der Waals surface area contributed by atoms with Crippen LogP contribution in [0.4, 0.5) is 28.6 Å². The molecule has 2 saturated heterocycles. The van der Waals surface area contributed by atoms with Crippen LogP contribution in [0.3, 0.4) is 0 Å². The van der Waals surface area contributed by atoms with E-state index in [2.05, 4.69) is 32.3 Å². The molecule has 3 aliphatic rings. The van der Waals surface area contributed by atoms with Crippen LogP contribution in [0.1, 0.15) is 49.4 Å². The van der Waals surface area contributed by atoms with Gasteiger partial charge >= 0.3 is 0 Å². The van der Waals surface area contributed by atoms with E-state index < -0.39 is 10.9 Å². The van der Waals surface area contributed by atoms with Crippen LogP contribution < -0.4 is 32.1 Å². The largest absolute Gasteiger partial charge is 0.398 e. The van der Waals surface area contributed by atoms with Crippen molar-refractivity contribution in [2.24, 2.45) is 0 Å². The zero-order chi connectivity index (χ0) is 29.5. The predicted molar refractivity (Wildman–Crippen MR) is 168 cm³/mol. The fourth-order valence-corrected chi connectivity index (χ4v) is 6.63. The van der Waals surface area contributed by atoms with Crippen molar-refractivity contribution in [3.8, 4) is 0 Å². The number of piperazine rings is 1. The quantitative estimate of drug-likeness (QED) is 0.255. The highest BCUT2D eigenvalue weighted by Gasteiger charge is 2.35. The molecule has 1 saturated carbocycles. The van der Waals surface area contributed by atoms with Crippen LogP contribution in [0, 0.1) is 0 Å². The van der Waals surface area contributed by atoms with Gasteiger partial charge in [0.2, 0.25) is 0 Å². The molecule has 1 aromatic heterocycles. The first kappa shape index (κ1) is 28.8. The third-order valence-electron chi connectivity index (χ3n) is 8.69. The van der Waals surface area contributed by atoms with Gasteiger partial charge in [-0.25, -0.2) is 4.98 Å². The van der Waals surface area contributed by atoms with Crippen LogP contribution in [0.5, 0.6) is 0 Å². The molecule has 1 amide bonds. The van der Waals surface area contributed by atoms with Crippen LogP contribution in [0.2, 0.25) is 10.0 Å². The van der Waals surface area contributed by atoms with Gasteiger partial charge in [0, 0.05) is 61.6 Å². The van der Waals surface area contributed by atoms with Crippen LogP contribution in [0.25, 0.3) is 0 Å². The number of rotatable bonds is 8. The van der Waals surface area contributed by atoms with E-state index in [4.69, 9.17) is 28.9 Å². The molecule has 3 aromatic rings. The molecule has 222 valence electrons. The molecule has 0 radical (unpaired) electrons. The van der Waals surface area contributed by atoms with Gasteiger partial charge in [-0.05, 0) is 56.4 Å². The van der Waals surface area contributed by atoms with Crippen LogP contribution >= 0.6 is 23.2 Å². The van der Waals surface area contributed by atoms with E-state index in [1.54, 1.807) is 30.5 Å². The van der Waals surface area contributed by atoms with Gasteiger partial charge in [-0.15, -0.1) is 0 Å². The molecule has 1 aliphatic carbocycles. The number of halogens is 2. The molecule has 0 unspecified atom stereocenters. The lowest BCUT2D eigenvalue weighted by Crippen LogP contribution is -2.58. The summed E-state index contributed by atoms with van der Waals surface area (Å²) >= 11 is 12.7. The van der Waals surface area contributed by atoms with E-state index in [0.717, 1.165) is 51.7 Å². The third-order valence-corrected chi connectivity index (χ3v) is 9.20. The highest BCUT2D eigenvalue weighted by Crippen LogP contribution is 2.33. The van der Waals surface area contributed by atoms with E-state index in [-0.39, 0.29) is 17.6 Å². The normalized spacial score (nSPS) is 20.2. The Hall–Kier alpha value is -3.34. The second-order valence-electron chi connectivity index (χ2n) is 11.5. The van der Waals surface area contributed by atoms with Crippen molar-refractivity contribution in [3.05, 3.63) is 66.5 Å². The lowest BCUT2D eigenvalue weighted by molar-refractivity contribution is 0.0491. The van der Waals surface area contributed by atoms with Crippen molar-refractivity contribution in [1.29, 1.82) is 0 Å². The second-order valence-corrected chi connectivity index (χ2v) is 12.3. The number of nitrogens with two attached hydrogens (primary N) is 1. The third kappa shape index (κ3) is 5.67. The molecule has 10 nitrogen and oxygen atoms in total. The lowest BCUT2D eigenvalue weighted by atomic mass is 9.97. The van der Waals surface area contributed by atoms with Crippen LogP contribution in [0.15, 0.2) is 40.1 Å². The Morgan fingerprint density at radius 3 is 2.43 bits per heavy atom. The number of nitrogens with one attached hydrogen (secondary N) is 2. The number of nitrogens with zero attached hydrogens (tertiary/aromatic N) is 4. The molecular weight excluding hydrogens is 577 g/mol. The molecule has 0 bridgehead atoms. The molecule has 3 heterocycles. The van der Waals surface area contributed by atoms with Gasteiger partial charge in [0.25, 0.3) is 16.8 Å². The maximum Gasteiger partial charge on any atom is 0.255 e. The van der Waals surface area contributed by atoms with Crippen molar-refractivity contribution >= 4 is 57.7 Å². The first-order valence-corrected chi connectivity index (χ1v) is 15.4. The fourth-order valence-electron chi connectivity index (χ4n) is 6.16. The highest BCUT2D eigenvalue weighted by atomic mass is 35.5. The standard InChI is InChI=1S/C30H35Cl2N7O3/c1-2-20-16-38(29-23(32)14-19(15-34-29)36-26-25(27(40)28(26)41)35-18-4-5-18)11-12-39(20)21-7-9-37(10-8-21)30(42)22-6-3-17(31)13-24(22)33/h3,6,13-15,18,20-21,35-36H,2,4-5,7-12,16,33H2,1H3/t20-/m0/s1. The van der Waals surface area contributed by atoms with Crippen molar-refractivity contribution < 1.29 is 4.79 Å². The average molecular weight is 613 g/mol. The molecule has 3 fully saturated rings. The number of hydrogen-bond acceptors (Lipinski definition) is 9. The zero-order valence-electron chi connectivity index (χ0n) is 23.5. The summed E-state index contributed by atoms with van der Waals surface area (Å²) in [5.74, 6) is 0.667. The lowest BCUT2D eigenvalue weighted by Gasteiger charge is -2.47. The minimum Gasteiger partial charge on any atom is -0.398 e. The molecule has 6 rings (SSSR count). The maximum atomic E-state index is 13.1. The Kier molecular flexibility index (Phi) is 8.04. The Morgan fingerprint density at radius 1 is 1.02 bits per heavy atom. The number of anilines is 5. The van der Waals surface area contributed by atoms with Gasteiger partial charge in [-0.3, -0.25) is 19.3 Å². The molecule has 0 spiro atoms. The number of piperidine rings is 1. The minimum atomic E-state index is -0.524. The molecule has 12 heteroatoms. The zero-order valence-corrected chi connectivity index (χ0v) is 25.0. The van der Waals surface area contributed by atoms with Crippen LogP contribution in [-0.2, 0) is 0 Å². The molecule has 1 atom stereocenters. The Bertz CT molecular complexity index is 1560. The van der Waals surface area contributed by atoms with E-state index in [9.17, 15) is 14.4 Å². The highest BCUT2D eigenvalue weighted by molar-refractivity contribution is 6.33. The second kappa shape index (κ2) is 11.7. The predicted octanol–water partition coefficient (Wildman–Crippen LogP) is 4.09. The number of likely N-dealkylation sites (tertiary alicyclic amines) is 1. The van der Waals surface area contributed by atoms with E-state index in [1.807, 2.05) is 4.90 Å². The number of carbonyl (C=O) groups excluding carboxylic acids is 1. The van der Waals surface area contributed by atoms with E-state index >= 15 is 0 Å². The number of pyridine rings is 1. The molecule has 42 heavy (non-hydrogen) atoms. The first-order valence-electron chi connectivity index (χ1n) is 14.6. The SMILES string of the molecule is CC[C@H]1CN(c2ncc(Nc3c(NC4CC4)c(=O)c3=O)cc2Cl)CCN1C1CCN(C(=O)c2ccc(Cl)cc2N)CC1. The number of hydrogen-bond donors (Lipinski definition) is 3. The summed E-state index contributed by atoms with van der Waals surface area (Å²) in [5.41, 5.74) is 7.18. The summed E-state index contributed by atoms with van der Waals surface area (Å²) in [6.07, 6.45) is 6.46. The smallest absolute Gasteiger partial charge is 0.255 e. The molecule has 4 N–H and O–H groups in total. The Labute approximate surface area is 254 Å². The first-order chi connectivity index (χ1) is 20.2. The summed E-state index contributed by atoms with van der Waals surface area (Å²) in [4.78, 5) is 48.6. The summed E-state index contributed by atoms with van der Waals surface area (Å²) in [6, 6.07) is 7.78.